The zero-order chi connectivity index (χ0) is 15.1. The maximum atomic E-state index is 13.9. The van der Waals surface area contributed by atoms with E-state index in [1.165, 1.54) is 30.3 Å². The average Bonchev–Trinajstić information content (AvgIpc) is 2.68. The van der Waals surface area contributed by atoms with Gasteiger partial charge in [0.15, 0.2) is 0 Å². The van der Waals surface area contributed by atoms with E-state index in [9.17, 15) is 18.4 Å². The molecule has 0 spiro atoms. The van der Waals surface area contributed by atoms with E-state index in [1.54, 1.807) is 0 Å². The highest BCUT2D eigenvalue weighted by atomic mass is 35.5. The van der Waals surface area contributed by atoms with Gasteiger partial charge in [0.05, 0.1) is 17.8 Å². The molecule has 0 atom stereocenters. The number of benzene rings is 2. The van der Waals surface area contributed by atoms with Crippen LogP contribution in [-0.4, -0.2) is 11.7 Å². The molecule has 1 amide bonds. The van der Waals surface area contributed by atoms with Crippen LogP contribution in [0.25, 0.3) is 0 Å². The predicted octanol–water partition coefficient (Wildman–Crippen LogP) is 3.35. The number of Topliss-reactive ketones (excluding diaryl/α,β-unsaturated/α-hetero) is 1. The van der Waals surface area contributed by atoms with Crippen molar-refractivity contribution in [3.8, 4) is 0 Å². The predicted molar refractivity (Wildman–Crippen MR) is 73.3 cm³/mol. The highest BCUT2D eigenvalue weighted by molar-refractivity contribution is 6.52. The molecule has 0 bridgehead atoms. The molecule has 3 rings (SSSR count). The molecule has 6 heteroatoms. The smallest absolute Gasteiger partial charge is 0.297 e. The van der Waals surface area contributed by atoms with Crippen LogP contribution in [0.2, 0.25) is 5.02 Å². The van der Waals surface area contributed by atoms with Gasteiger partial charge in [-0.25, -0.2) is 8.78 Å². The van der Waals surface area contributed by atoms with Gasteiger partial charge in [0.2, 0.25) is 0 Å². The number of rotatable bonds is 2. The number of carbonyl (C=O) groups excluding carboxylic acids is 2. The molecule has 1 aliphatic rings. The lowest BCUT2D eigenvalue weighted by Crippen LogP contribution is -2.29. The van der Waals surface area contributed by atoms with Gasteiger partial charge in [-0.1, -0.05) is 23.7 Å². The van der Waals surface area contributed by atoms with Crippen molar-refractivity contribution in [1.29, 1.82) is 0 Å². The molecule has 2 aromatic rings. The summed E-state index contributed by atoms with van der Waals surface area (Å²) in [7, 11) is 0. The fraction of sp³-hybridized carbons (Fsp3) is 0.0667. The van der Waals surface area contributed by atoms with Crippen molar-refractivity contribution >= 4 is 29.0 Å². The summed E-state index contributed by atoms with van der Waals surface area (Å²) in [4.78, 5) is 24.8. The molecule has 0 fully saturated rings. The lowest BCUT2D eigenvalue weighted by molar-refractivity contribution is -0.114. The number of hydrogen-bond acceptors (Lipinski definition) is 2. The quantitative estimate of drug-likeness (QED) is 0.798. The number of para-hydroxylation sites is 1. The van der Waals surface area contributed by atoms with Gasteiger partial charge in [0.25, 0.3) is 11.7 Å². The number of hydrogen-bond donors (Lipinski definition) is 0. The van der Waals surface area contributed by atoms with Crippen LogP contribution in [-0.2, 0) is 11.3 Å². The Morgan fingerprint density at radius 3 is 2.57 bits per heavy atom. The Kier molecular flexibility index (Phi) is 3.22. The third-order valence-corrected chi connectivity index (χ3v) is 3.64. The Hall–Kier alpha value is -2.27. The molecule has 0 aliphatic carbocycles. The van der Waals surface area contributed by atoms with Crippen LogP contribution in [0.1, 0.15) is 15.9 Å². The first-order chi connectivity index (χ1) is 9.99. The van der Waals surface area contributed by atoms with Crippen LogP contribution >= 0.6 is 11.6 Å². The van der Waals surface area contributed by atoms with Crippen LogP contribution in [0.5, 0.6) is 0 Å². The van der Waals surface area contributed by atoms with E-state index in [0.717, 1.165) is 11.0 Å². The molecule has 0 unspecified atom stereocenters. The van der Waals surface area contributed by atoms with Gasteiger partial charge < -0.3 is 0 Å². The second-order valence-electron chi connectivity index (χ2n) is 4.59. The molecule has 3 nitrogen and oxygen atoms in total. The second kappa shape index (κ2) is 4.93. The molecule has 2 aromatic carbocycles. The molecule has 0 N–H and O–H groups in total. The van der Waals surface area contributed by atoms with E-state index >= 15 is 0 Å². The average molecular weight is 308 g/mol. The Balaban J connectivity index is 2.04. The second-order valence-corrected chi connectivity index (χ2v) is 5.00. The van der Waals surface area contributed by atoms with Crippen molar-refractivity contribution in [2.45, 2.75) is 6.54 Å². The van der Waals surface area contributed by atoms with Gasteiger partial charge in [-0.05, 0) is 29.8 Å². The lowest BCUT2D eigenvalue weighted by atomic mass is 10.1. The fourth-order valence-corrected chi connectivity index (χ4v) is 2.51. The number of halogens is 3. The first-order valence-corrected chi connectivity index (χ1v) is 6.45. The van der Waals surface area contributed by atoms with Gasteiger partial charge in [0.1, 0.15) is 11.6 Å². The normalized spacial score (nSPS) is 13.8. The van der Waals surface area contributed by atoms with Gasteiger partial charge in [0, 0.05) is 5.02 Å². The monoisotopic (exact) mass is 307 g/mol. The highest BCUT2D eigenvalue weighted by Gasteiger charge is 2.38. The third kappa shape index (κ3) is 2.19. The summed E-state index contributed by atoms with van der Waals surface area (Å²) in [6.07, 6.45) is 0. The Morgan fingerprint density at radius 1 is 1.10 bits per heavy atom. The molecule has 0 saturated carbocycles. The van der Waals surface area contributed by atoms with E-state index in [0.29, 0.717) is 5.56 Å². The topological polar surface area (TPSA) is 37.4 Å². The summed E-state index contributed by atoms with van der Waals surface area (Å²) in [5.41, 5.74) is 0.390. The minimum atomic E-state index is -0.824. The van der Waals surface area contributed by atoms with E-state index in [2.05, 4.69) is 0 Å². The summed E-state index contributed by atoms with van der Waals surface area (Å²) < 4.78 is 26.9. The zero-order valence-corrected chi connectivity index (χ0v) is 11.3. The van der Waals surface area contributed by atoms with Crippen molar-refractivity contribution in [3.63, 3.8) is 0 Å². The molecule has 0 radical (unpaired) electrons. The fourth-order valence-electron chi connectivity index (χ4n) is 2.28. The van der Waals surface area contributed by atoms with Crippen LogP contribution in [0.4, 0.5) is 14.5 Å². The first-order valence-electron chi connectivity index (χ1n) is 6.07. The first kappa shape index (κ1) is 13.7. The van der Waals surface area contributed by atoms with Gasteiger partial charge in [-0.2, -0.15) is 0 Å². The Morgan fingerprint density at radius 2 is 1.86 bits per heavy atom. The van der Waals surface area contributed by atoms with Crippen LogP contribution in [0.15, 0.2) is 36.4 Å². The van der Waals surface area contributed by atoms with Crippen molar-refractivity contribution < 1.29 is 18.4 Å². The number of fused-ring (bicyclic) bond motifs is 1. The summed E-state index contributed by atoms with van der Waals surface area (Å²) in [5.74, 6) is -2.76. The zero-order valence-electron chi connectivity index (χ0n) is 10.6. The van der Waals surface area contributed by atoms with Crippen LogP contribution in [0.3, 0.4) is 0 Å². The number of nitrogens with zero attached hydrogens (tertiary/aromatic N) is 1. The van der Waals surface area contributed by atoms with Crippen molar-refractivity contribution in [3.05, 3.63) is 64.2 Å². The Bertz CT molecular complexity index is 776. The minimum Gasteiger partial charge on any atom is -0.297 e. The number of amides is 1. The third-order valence-electron chi connectivity index (χ3n) is 3.28. The molecule has 106 valence electrons. The molecule has 21 heavy (non-hydrogen) atoms. The van der Waals surface area contributed by atoms with Crippen molar-refractivity contribution in [2.24, 2.45) is 0 Å². The molecular weight excluding hydrogens is 300 g/mol. The summed E-state index contributed by atoms with van der Waals surface area (Å²) in [5, 5.41) is 0.111. The summed E-state index contributed by atoms with van der Waals surface area (Å²) in [6, 6.07) is 7.62. The summed E-state index contributed by atoms with van der Waals surface area (Å²) >= 11 is 5.90. The van der Waals surface area contributed by atoms with Crippen LogP contribution in [0, 0.1) is 11.6 Å². The van der Waals surface area contributed by atoms with Gasteiger partial charge >= 0.3 is 0 Å². The maximum absolute atomic E-state index is 13.9. The van der Waals surface area contributed by atoms with E-state index in [-0.39, 0.29) is 22.8 Å². The molecule has 1 heterocycles. The molecular formula is C15H8ClF2NO2. The SMILES string of the molecule is O=C1C(=O)N(Cc2ccc(F)cc2Cl)c2c(F)cccc21. The van der Waals surface area contributed by atoms with Gasteiger partial charge in [-0.3, -0.25) is 14.5 Å². The highest BCUT2D eigenvalue weighted by Crippen LogP contribution is 2.33. The number of anilines is 1. The van der Waals surface area contributed by atoms with Crippen molar-refractivity contribution in [2.75, 3.05) is 4.90 Å². The number of carbonyl (C=O) groups is 2. The number of ketones is 1. The maximum Gasteiger partial charge on any atom is 0.299 e. The van der Waals surface area contributed by atoms with E-state index in [4.69, 9.17) is 11.6 Å². The molecule has 1 aliphatic heterocycles. The largest absolute Gasteiger partial charge is 0.299 e. The van der Waals surface area contributed by atoms with E-state index in [1.807, 2.05) is 0 Å². The van der Waals surface area contributed by atoms with E-state index < -0.39 is 23.3 Å². The minimum absolute atomic E-state index is 0.0261. The molecule has 0 saturated heterocycles. The standard InChI is InChI=1S/C15H8ClF2NO2/c16-11-6-9(17)5-4-8(11)7-19-13-10(14(20)15(19)21)2-1-3-12(13)18/h1-6H,7H2. The molecule has 0 aromatic heterocycles. The van der Waals surface area contributed by atoms with Crippen molar-refractivity contribution in [1.82, 2.24) is 0 Å². The summed E-state index contributed by atoms with van der Waals surface area (Å²) in [6.45, 7) is -0.0996. The van der Waals surface area contributed by atoms with Crippen LogP contribution < -0.4 is 4.90 Å². The Labute approximate surface area is 123 Å². The lowest BCUT2D eigenvalue weighted by Gasteiger charge is -2.17. The van der Waals surface area contributed by atoms with Gasteiger partial charge in [-0.15, -0.1) is 0 Å².